The van der Waals surface area contributed by atoms with Crippen molar-refractivity contribution in [3.8, 4) is 0 Å². The van der Waals surface area contributed by atoms with Crippen LogP contribution >= 0.6 is 0 Å². The molecule has 1 aliphatic heterocycles. The van der Waals surface area contributed by atoms with Gasteiger partial charge in [-0.2, -0.15) is 0 Å². The Balaban J connectivity index is 2.18. The Hall–Kier alpha value is -0.960. The molecule has 1 aromatic carbocycles. The second-order valence-electron chi connectivity index (χ2n) is 4.75. The van der Waals surface area contributed by atoms with Crippen LogP contribution in [0.15, 0.2) is 12.1 Å². The summed E-state index contributed by atoms with van der Waals surface area (Å²) in [5.41, 5.74) is 0.909. The molecule has 1 aliphatic rings. The number of benzene rings is 1. The minimum atomic E-state index is -0.391. The first-order chi connectivity index (χ1) is 8.22. The molecule has 17 heavy (non-hydrogen) atoms. The minimum absolute atomic E-state index is 0.288. The SMILES string of the molecule is CCc1ccc(F)c(CC2CCNCC2)c1F. The van der Waals surface area contributed by atoms with Crippen molar-refractivity contribution in [2.75, 3.05) is 13.1 Å². The van der Waals surface area contributed by atoms with Crippen molar-refractivity contribution >= 4 is 0 Å². The molecule has 0 aliphatic carbocycles. The van der Waals surface area contributed by atoms with Gasteiger partial charge in [0, 0.05) is 5.56 Å². The van der Waals surface area contributed by atoms with Gasteiger partial charge in [-0.05, 0) is 56.3 Å². The van der Waals surface area contributed by atoms with Gasteiger partial charge in [0.2, 0.25) is 0 Å². The normalized spacial score (nSPS) is 17.4. The smallest absolute Gasteiger partial charge is 0.132 e. The second-order valence-corrected chi connectivity index (χ2v) is 4.75. The molecule has 0 amide bonds. The lowest BCUT2D eigenvalue weighted by Crippen LogP contribution is -2.29. The molecular formula is C14H19F2N. The van der Waals surface area contributed by atoms with E-state index in [1.807, 2.05) is 6.92 Å². The highest BCUT2D eigenvalue weighted by Crippen LogP contribution is 2.24. The molecule has 1 fully saturated rings. The minimum Gasteiger partial charge on any atom is -0.317 e. The lowest BCUT2D eigenvalue weighted by molar-refractivity contribution is 0.363. The van der Waals surface area contributed by atoms with Crippen molar-refractivity contribution < 1.29 is 8.78 Å². The molecule has 0 aromatic heterocycles. The molecule has 1 nitrogen and oxygen atoms in total. The topological polar surface area (TPSA) is 12.0 Å². The predicted molar refractivity (Wildman–Crippen MR) is 65.0 cm³/mol. The Morgan fingerprint density at radius 3 is 2.59 bits per heavy atom. The van der Waals surface area contributed by atoms with Gasteiger partial charge in [-0.25, -0.2) is 8.78 Å². The van der Waals surface area contributed by atoms with E-state index in [4.69, 9.17) is 0 Å². The standard InChI is InChI=1S/C14H19F2N/c1-2-11-3-4-13(15)12(14(11)16)9-10-5-7-17-8-6-10/h3-4,10,17H,2,5-9H2,1H3. The fourth-order valence-corrected chi connectivity index (χ4v) is 2.48. The van der Waals surface area contributed by atoms with Crippen molar-refractivity contribution in [3.05, 3.63) is 34.9 Å². The molecule has 0 bridgehead atoms. The van der Waals surface area contributed by atoms with Crippen molar-refractivity contribution in [1.82, 2.24) is 5.32 Å². The lowest BCUT2D eigenvalue weighted by atomic mass is 9.89. The van der Waals surface area contributed by atoms with Gasteiger partial charge in [0.25, 0.3) is 0 Å². The zero-order valence-electron chi connectivity index (χ0n) is 10.2. The Morgan fingerprint density at radius 2 is 1.94 bits per heavy atom. The Labute approximate surface area is 101 Å². The van der Waals surface area contributed by atoms with Crippen LogP contribution in [0.3, 0.4) is 0 Å². The van der Waals surface area contributed by atoms with Gasteiger partial charge in [-0.1, -0.05) is 13.0 Å². The maximum atomic E-state index is 14.0. The zero-order chi connectivity index (χ0) is 12.3. The van der Waals surface area contributed by atoms with Gasteiger partial charge in [0.05, 0.1) is 0 Å². The van der Waals surface area contributed by atoms with Crippen LogP contribution in [0.25, 0.3) is 0 Å². The molecule has 1 aromatic rings. The fourth-order valence-electron chi connectivity index (χ4n) is 2.48. The molecule has 0 saturated carbocycles. The van der Waals surface area contributed by atoms with E-state index in [0.29, 0.717) is 24.3 Å². The summed E-state index contributed by atoms with van der Waals surface area (Å²) in [4.78, 5) is 0. The highest BCUT2D eigenvalue weighted by atomic mass is 19.1. The van der Waals surface area contributed by atoms with E-state index < -0.39 is 5.82 Å². The Bertz CT molecular complexity index is 384. The lowest BCUT2D eigenvalue weighted by Gasteiger charge is -2.23. The van der Waals surface area contributed by atoms with E-state index in [1.54, 1.807) is 6.07 Å². The molecule has 1 N–H and O–H groups in total. The zero-order valence-corrected chi connectivity index (χ0v) is 10.2. The highest BCUT2D eigenvalue weighted by molar-refractivity contribution is 5.28. The first-order valence-corrected chi connectivity index (χ1v) is 6.38. The van der Waals surface area contributed by atoms with Crippen LogP contribution in [0, 0.1) is 17.6 Å². The number of halogens is 2. The van der Waals surface area contributed by atoms with Gasteiger partial charge in [0.15, 0.2) is 0 Å². The molecule has 0 unspecified atom stereocenters. The summed E-state index contributed by atoms with van der Waals surface area (Å²) in [5, 5.41) is 3.26. The number of nitrogens with one attached hydrogen (secondary N) is 1. The molecule has 1 heterocycles. The summed E-state index contributed by atoms with van der Waals surface area (Å²) >= 11 is 0. The van der Waals surface area contributed by atoms with E-state index in [2.05, 4.69) is 5.32 Å². The van der Waals surface area contributed by atoms with Crippen LogP contribution in [0.2, 0.25) is 0 Å². The van der Waals surface area contributed by atoms with Crippen molar-refractivity contribution in [2.24, 2.45) is 5.92 Å². The van der Waals surface area contributed by atoms with Gasteiger partial charge < -0.3 is 5.32 Å². The molecule has 2 rings (SSSR count). The summed E-state index contributed by atoms with van der Waals surface area (Å²) in [6.45, 7) is 3.81. The fraction of sp³-hybridized carbons (Fsp3) is 0.571. The van der Waals surface area contributed by atoms with Gasteiger partial charge in [0.1, 0.15) is 11.6 Å². The van der Waals surface area contributed by atoms with Crippen LogP contribution in [-0.2, 0) is 12.8 Å². The van der Waals surface area contributed by atoms with E-state index >= 15 is 0 Å². The van der Waals surface area contributed by atoms with E-state index in [1.165, 1.54) is 6.07 Å². The maximum absolute atomic E-state index is 14.0. The molecule has 0 spiro atoms. The van der Waals surface area contributed by atoms with Crippen LogP contribution in [0.4, 0.5) is 8.78 Å². The Morgan fingerprint density at radius 1 is 1.24 bits per heavy atom. The maximum Gasteiger partial charge on any atom is 0.132 e. The number of hydrogen-bond donors (Lipinski definition) is 1. The van der Waals surface area contributed by atoms with Crippen LogP contribution in [-0.4, -0.2) is 13.1 Å². The highest BCUT2D eigenvalue weighted by Gasteiger charge is 2.19. The number of aryl methyl sites for hydroxylation is 1. The number of rotatable bonds is 3. The predicted octanol–water partition coefficient (Wildman–Crippen LogP) is 3.07. The summed E-state index contributed by atoms with van der Waals surface area (Å²) in [7, 11) is 0. The summed E-state index contributed by atoms with van der Waals surface area (Å²) < 4.78 is 27.7. The van der Waals surface area contributed by atoms with Crippen molar-refractivity contribution in [2.45, 2.75) is 32.6 Å². The monoisotopic (exact) mass is 239 g/mol. The average Bonchev–Trinajstić information content (AvgIpc) is 2.36. The number of piperidine rings is 1. The van der Waals surface area contributed by atoms with Crippen LogP contribution < -0.4 is 5.32 Å². The van der Waals surface area contributed by atoms with Crippen LogP contribution in [0.5, 0.6) is 0 Å². The van der Waals surface area contributed by atoms with E-state index in [-0.39, 0.29) is 11.4 Å². The second kappa shape index (κ2) is 5.58. The first kappa shape index (κ1) is 12.5. The van der Waals surface area contributed by atoms with Gasteiger partial charge in [-0.3, -0.25) is 0 Å². The molecule has 0 radical (unpaired) electrons. The average molecular weight is 239 g/mol. The van der Waals surface area contributed by atoms with E-state index in [9.17, 15) is 8.78 Å². The third-order valence-corrected chi connectivity index (χ3v) is 3.60. The third kappa shape index (κ3) is 2.83. The van der Waals surface area contributed by atoms with Gasteiger partial charge >= 0.3 is 0 Å². The summed E-state index contributed by atoms with van der Waals surface area (Å²) in [6, 6.07) is 2.95. The van der Waals surface area contributed by atoms with Crippen LogP contribution in [0.1, 0.15) is 30.9 Å². The molecule has 94 valence electrons. The van der Waals surface area contributed by atoms with Gasteiger partial charge in [-0.15, -0.1) is 0 Å². The quantitative estimate of drug-likeness (QED) is 0.854. The summed E-state index contributed by atoms with van der Waals surface area (Å²) in [6.07, 6.45) is 3.17. The number of hydrogen-bond acceptors (Lipinski definition) is 1. The molecule has 1 saturated heterocycles. The molecular weight excluding hydrogens is 220 g/mol. The van der Waals surface area contributed by atoms with Crippen molar-refractivity contribution in [3.63, 3.8) is 0 Å². The first-order valence-electron chi connectivity index (χ1n) is 6.38. The largest absolute Gasteiger partial charge is 0.317 e. The Kier molecular flexibility index (Phi) is 4.11. The third-order valence-electron chi connectivity index (χ3n) is 3.60. The molecule has 3 heteroatoms. The van der Waals surface area contributed by atoms with Crippen molar-refractivity contribution in [1.29, 1.82) is 0 Å². The molecule has 0 atom stereocenters. The van der Waals surface area contributed by atoms with E-state index in [0.717, 1.165) is 25.9 Å². The summed E-state index contributed by atoms with van der Waals surface area (Å²) in [5.74, 6) is -0.309.